The molecule has 0 radical (unpaired) electrons. The molecule has 1 aromatic rings. The van der Waals surface area contributed by atoms with E-state index in [1.165, 1.54) is 23.4 Å². The van der Waals surface area contributed by atoms with Crippen molar-refractivity contribution in [3.05, 3.63) is 24.3 Å². The Kier molecular flexibility index (Phi) is 3.02. The zero-order chi connectivity index (χ0) is 9.97. The summed E-state index contributed by atoms with van der Waals surface area (Å²) in [7, 11) is 0. The average Bonchev–Trinajstić information content (AvgIpc) is 3.02. The van der Waals surface area contributed by atoms with Gasteiger partial charge in [-0.05, 0) is 44.1 Å². The van der Waals surface area contributed by atoms with Crippen LogP contribution in [-0.4, -0.2) is 12.3 Å². The van der Waals surface area contributed by atoms with Gasteiger partial charge in [-0.15, -0.1) is 11.8 Å². The molecule has 0 unspecified atom stereocenters. The van der Waals surface area contributed by atoms with Crippen LogP contribution in [0.25, 0.3) is 0 Å². The molecule has 1 saturated carbocycles. The fourth-order valence-corrected chi connectivity index (χ4v) is 2.28. The van der Waals surface area contributed by atoms with Gasteiger partial charge in [-0.25, -0.2) is 0 Å². The summed E-state index contributed by atoms with van der Waals surface area (Å²) in [5, 5.41) is 3.60. The highest BCUT2D eigenvalue weighted by Gasteiger charge is 2.27. The Hall–Kier alpha value is -0.630. The molecule has 14 heavy (non-hydrogen) atoms. The van der Waals surface area contributed by atoms with Gasteiger partial charge in [-0.3, -0.25) is 0 Å². The highest BCUT2D eigenvalue weighted by atomic mass is 32.2. The van der Waals surface area contributed by atoms with E-state index < -0.39 is 0 Å². The Balaban J connectivity index is 2.06. The summed E-state index contributed by atoms with van der Waals surface area (Å²) in [4.78, 5) is 1.35. The minimum absolute atomic E-state index is 0.628. The molecule has 1 aliphatic carbocycles. The Bertz CT molecular complexity index is 307. The maximum atomic E-state index is 3.60. The van der Waals surface area contributed by atoms with Crippen LogP contribution in [0.15, 0.2) is 29.2 Å². The standard InChI is InChI=1S/C12H17NS/c1-9(10-7-8-10)13-11-5-3-4-6-12(11)14-2/h3-6,9-10,13H,7-8H2,1-2H3/t9-/m1/s1. The summed E-state index contributed by atoms with van der Waals surface area (Å²) in [6, 6.07) is 9.17. The van der Waals surface area contributed by atoms with Gasteiger partial charge in [-0.1, -0.05) is 12.1 Å². The summed E-state index contributed by atoms with van der Waals surface area (Å²) in [5.41, 5.74) is 1.29. The molecule has 1 fully saturated rings. The summed E-state index contributed by atoms with van der Waals surface area (Å²) in [6.07, 6.45) is 4.92. The van der Waals surface area contributed by atoms with Crippen molar-refractivity contribution in [1.82, 2.24) is 0 Å². The van der Waals surface area contributed by atoms with E-state index in [-0.39, 0.29) is 0 Å². The monoisotopic (exact) mass is 207 g/mol. The van der Waals surface area contributed by atoms with Crippen LogP contribution in [0.3, 0.4) is 0 Å². The molecule has 1 aromatic carbocycles. The number of hydrogen-bond acceptors (Lipinski definition) is 2. The number of hydrogen-bond donors (Lipinski definition) is 1. The molecule has 0 aromatic heterocycles. The van der Waals surface area contributed by atoms with Gasteiger partial charge >= 0.3 is 0 Å². The number of nitrogens with one attached hydrogen (secondary N) is 1. The van der Waals surface area contributed by atoms with Crippen LogP contribution in [0, 0.1) is 5.92 Å². The first-order chi connectivity index (χ1) is 6.81. The predicted octanol–water partition coefficient (Wildman–Crippen LogP) is 3.62. The van der Waals surface area contributed by atoms with Crippen molar-refractivity contribution in [1.29, 1.82) is 0 Å². The molecule has 0 heterocycles. The van der Waals surface area contributed by atoms with Gasteiger partial charge < -0.3 is 5.32 Å². The summed E-state index contributed by atoms with van der Waals surface area (Å²) in [6.45, 7) is 2.29. The molecule has 0 bridgehead atoms. The van der Waals surface area contributed by atoms with Crippen LogP contribution in [0.1, 0.15) is 19.8 Å². The summed E-state index contributed by atoms with van der Waals surface area (Å²) in [5.74, 6) is 0.907. The van der Waals surface area contributed by atoms with E-state index >= 15 is 0 Å². The first kappa shape index (κ1) is 9.91. The first-order valence-electron chi connectivity index (χ1n) is 5.21. The van der Waals surface area contributed by atoms with Crippen LogP contribution in [-0.2, 0) is 0 Å². The van der Waals surface area contributed by atoms with Gasteiger partial charge in [0.25, 0.3) is 0 Å². The third-order valence-electron chi connectivity index (χ3n) is 2.82. The molecular formula is C12H17NS. The van der Waals surface area contributed by atoms with Crippen molar-refractivity contribution in [3.8, 4) is 0 Å². The summed E-state index contributed by atoms with van der Waals surface area (Å²) >= 11 is 1.81. The molecule has 76 valence electrons. The van der Waals surface area contributed by atoms with Crippen LogP contribution in [0.2, 0.25) is 0 Å². The summed E-state index contributed by atoms with van der Waals surface area (Å²) < 4.78 is 0. The van der Waals surface area contributed by atoms with Gasteiger partial charge in [0.1, 0.15) is 0 Å². The SMILES string of the molecule is CSc1ccccc1N[C@H](C)C1CC1. The Morgan fingerprint density at radius 3 is 2.71 bits per heavy atom. The topological polar surface area (TPSA) is 12.0 Å². The van der Waals surface area contributed by atoms with Crippen molar-refractivity contribution in [2.45, 2.75) is 30.7 Å². The lowest BCUT2D eigenvalue weighted by molar-refractivity contribution is 0.692. The maximum Gasteiger partial charge on any atom is 0.0480 e. The van der Waals surface area contributed by atoms with Crippen molar-refractivity contribution < 1.29 is 0 Å². The molecule has 0 amide bonds. The molecule has 1 atom stereocenters. The smallest absolute Gasteiger partial charge is 0.0480 e. The van der Waals surface area contributed by atoms with Gasteiger partial charge in [0.05, 0.1) is 0 Å². The molecule has 1 N–H and O–H groups in total. The largest absolute Gasteiger partial charge is 0.381 e. The average molecular weight is 207 g/mol. The number of para-hydroxylation sites is 1. The zero-order valence-electron chi connectivity index (χ0n) is 8.79. The van der Waals surface area contributed by atoms with Gasteiger partial charge in [-0.2, -0.15) is 0 Å². The van der Waals surface area contributed by atoms with E-state index in [9.17, 15) is 0 Å². The van der Waals surface area contributed by atoms with Gasteiger partial charge in [0.15, 0.2) is 0 Å². The fraction of sp³-hybridized carbons (Fsp3) is 0.500. The van der Waals surface area contributed by atoms with E-state index in [0.29, 0.717) is 6.04 Å². The van der Waals surface area contributed by atoms with Gasteiger partial charge in [0.2, 0.25) is 0 Å². The predicted molar refractivity (Wildman–Crippen MR) is 64.0 cm³/mol. The Morgan fingerprint density at radius 1 is 1.36 bits per heavy atom. The number of rotatable bonds is 4. The van der Waals surface area contributed by atoms with Crippen LogP contribution < -0.4 is 5.32 Å². The molecule has 0 aliphatic heterocycles. The minimum atomic E-state index is 0.628. The van der Waals surface area contributed by atoms with E-state index in [1.54, 1.807) is 0 Å². The minimum Gasteiger partial charge on any atom is -0.381 e. The van der Waals surface area contributed by atoms with Crippen molar-refractivity contribution in [2.75, 3.05) is 11.6 Å². The lowest BCUT2D eigenvalue weighted by atomic mass is 10.2. The fourth-order valence-electron chi connectivity index (χ4n) is 1.72. The van der Waals surface area contributed by atoms with Crippen molar-refractivity contribution in [2.24, 2.45) is 5.92 Å². The van der Waals surface area contributed by atoms with E-state index in [1.807, 2.05) is 11.8 Å². The lowest BCUT2D eigenvalue weighted by Gasteiger charge is -2.16. The Morgan fingerprint density at radius 2 is 2.07 bits per heavy atom. The molecule has 0 saturated heterocycles. The van der Waals surface area contributed by atoms with Crippen LogP contribution in [0.5, 0.6) is 0 Å². The molecular weight excluding hydrogens is 190 g/mol. The van der Waals surface area contributed by atoms with E-state index in [2.05, 4.69) is 42.8 Å². The molecule has 2 rings (SSSR count). The molecule has 0 spiro atoms. The highest BCUT2D eigenvalue weighted by Crippen LogP contribution is 2.35. The lowest BCUT2D eigenvalue weighted by Crippen LogP contribution is -2.17. The molecule has 2 heteroatoms. The second kappa shape index (κ2) is 4.26. The third-order valence-corrected chi connectivity index (χ3v) is 3.62. The van der Waals surface area contributed by atoms with Gasteiger partial charge in [0, 0.05) is 16.6 Å². The normalized spacial score (nSPS) is 17.9. The second-order valence-corrected chi connectivity index (χ2v) is 4.82. The van der Waals surface area contributed by atoms with E-state index in [0.717, 1.165) is 5.92 Å². The highest BCUT2D eigenvalue weighted by molar-refractivity contribution is 7.98. The quantitative estimate of drug-likeness (QED) is 0.757. The maximum absolute atomic E-state index is 3.60. The number of anilines is 1. The first-order valence-corrected chi connectivity index (χ1v) is 6.43. The van der Waals surface area contributed by atoms with Crippen LogP contribution in [0.4, 0.5) is 5.69 Å². The number of benzene rings is 1. The number of thioether (sulfide) groups is 1. The second-order valence-electron chi connectivity index (χ2n) is 3.97. The van der Waals surface area contributed by atoms with Crippen molar-refractivity contribution >= 4 is 17.4 Å². The van der Waals surface area contributed by atoms with E-state index in [4.69, 9.17) is 0 Å². The van der Waals surface area contributed by atoms with Crippen molar-refractivity contribution in [3.63, 3.8) is 0 Å². The molecule has 1 nitrogen and oxygen atoms in total. The Labute approximate surface area is 90.3 Å². The third kappa shape index (κ3) is 2.24. The zero-order valence-corrected chi connectivity index (χ0v) is 9.60. The molecule has 1 aliphatic rings. The van der Waals surface area contributed by atoms with Crippen LogP contribution >= 0.6 is 11.8 Å².